The molecule has 1 aliphatic rings. The Balaban J connectivity index is 1.80. The molecule has 1 fully saturated rings. The number of piperazine rings is 1. The lowest BCUT2D eigenvalue weighted by molar-refractivity contribution is 0.0695. The molecule has 0 amide bonds. The minimum absolute atomic E-state index is 0.248. The van der Waals surface area contributed by atoms with Crippen LogP contribution in [0.3, 0.4) is 0 Å². The number of nitriles is 1. The van der Waals surface area contributed by atoms with Crippen LogP contribution in [0.25, 0.3) is 0 Å². The van der Waals surface area contributed by atoms with E-state index in [2.05, 4.69) is 20.9 Å². The average molecular weight is 336 g/mol. The number of benzene rings is 1. The lowest BCUT2D eigenvalue weighted by Crippen LogP contribution is -2.47. The van der Waals surface area contributed by atoms with Crippen LogP contribution < -0.4 is 9.80 Å². The van der Waals surface area contributed by atoms with Crippen molar-refractivity contribution in [1.29, 1.82) is 5.26 Å². The highest BCUT2D eigenvalue weighted by atomic mass is 16.4. The molecule has 2 aromatic rings. The van der Waals surface area contributed by atoms with Gasteiger partial charge in [-0.15, -0.1) is 0 Å². The van der Waals surface area contributed by atoms with Crippen molar-refractivity contribution in [2.75, 3.05) is 36.0 Å². The van der Waals surface area contributed by atoms with Gasteiger partial charge in [0, 0.05) is 26.2 Å². The number of para-hydroxylation sites is 1. The molecule has 1 aromatic heterocycles. The Kier molecular flexibility index (Phi) is 4.57. The molecular weight excluding hydrogens is 316 g/mol. The number of nitrogens with zero attached hydrogens (tertiary/aromatic N) is 4. The Labute approximate surface area is 146 Å². The van der Waals surface area contributed by atoms with Crippen LogP contribution in [-0.2, 0) is 0 Å². The van der Waals surface area contributed by atoms with Crippen LogP contribution in [0.5, 0.6) is 0 Å². The number of carbonyl (C=O) groups is 1. The van der Waals surface area contributed by atoms with E-state index in [-0.39, 0.29) is 5.56 Å². The van der Waals surface area contributed by atoms with Gasteiger partial charge in [0.25, 0.3) is 0 Å². The van der Waals surface area contributed by atoms with E-state index >= 15 is 0 Å². The fourth-order valence-electron chi connectivity index (χ4n) is 3.28. The number of aryl methyl sites for hydroxylation is 2. The molecule has 0 spiro atoms. The summed E-state index contributed by atoms with van der Waals surface area (Å²) in [6.07, 6.45) is 0. The minimum Gasteiger partial charge on any atom is -0.478 e. The Hall–Kier alpha value is -3.07. The van der Waals surface area contributed by atoms with E-state index < -0.39 is 5.97 Å². The van der Waals surface area contributed by atoms with Crippen molar-refractivity contribution in [3.63, 3.8) is 0 Å². The third-order valence-corrected chi connectivity index (χ3v) is 4.59. The molecule has 0 aliphatic carbocycles. The van der Waals surface area contributed by atoms with Gasteiger partial charge in [-0.1, -0.05) is 12.1 Å². The first kappa shape index (κ1) is 16.8. The molecule has 3 rings (SSSR count). The number of aromatic nitrogens is 1. The van der Waals surface area contributed by atoms with Gasteiger partial charge in [0.2, 0.25) is 0 Å². The first-order chi connectivity index (χ1) is 12.0. The van der Waals surface area contributed by atoms with Gasteiger partial charge in [-0.05, 0) is 32.0 Å². The number of carboxylic acid groups (broad SMARTS) is 1. The SMILES string of the molecule is Cc1nc(C)c(N2CCN(c3ccccc3C#N)CC2)cc1C(=O)O. The predicted octanol–water partition coefficient (Wildman–Crippen LogP) is 2.59. The van der Waals surface area contributed by atoms with Crippen LogP contribution >= 0.6 is 0 Å². The van der Waals surface area contributed by atoms with Gasteiger partial charge in [-0.2, -0.15) is 5.26 Å². The zero-order valence-corrected chi connectivity index (χ0v) is 14.4. The quantitative estimate of drug-likeness (QED) is 0.928. The lowest BCUT2D eigenvalue weighted by atomic mass is 10.1. The fraction of sp³-hybridized carbons (Fsp3) is 0.316. The number of hydrogen-bond donors (Lipinski definition) is 1. The summed E-state index contributed by atoms with van der Waals surface area (Å²) >= 11 is 0. The highest BCUT2D eigenvalue weighted by molar-refractivity contribution is 5.90. The van der Waals surface area contributed by atoms with Gasteiger partial charge in [0.15, 0.2) is 0 Å². The van der Waals surface area contributed by atoms with E-state index in [0.29, 0.717) is 11.3 Å². The maximum atomic E-state index is 11.4. The van der Waals surface area contributed by atoms with Gasteiger partial charge >= 0.3 is 5.97 Å². The van der Waals surface area contributed by atoms with E-state index in [1.165, 1.54) is 0 Å². The third kappa shape index (κ3) is 3.26. The Morgan fingerprint density at radius 1 is 1.08 bits per heavy atom. The summed E-state index contributed by atoms with van der Waals surface area (Å²) in [7, 11) is 0. The van der Waals surface area contributed by atoms with E-state index in [4.69, 9.17) is 0 Å². The average Bonchev–Trinajstić information content (AvgIpc) is 2.61. The van der Waals surface area contributed by atoms with E-state index in [9.17, 15) is 15.2 Å². The van der Waals surface area contributed by atoms with E-state index in [0.717, 1.165) is 43.2 Å². The van der Waals surface area contributed by atoms with Crippen molar-refractivity contribution in [2.45, 2.75) is 13.8 Å². The molecule has 25 heavy (non-hydrogen) atoms. The van der Waals surface area contributed by atoms with Crippen LogP contribution in [-0.4, -0.2) is 42.2 Å². The predicted molar refractivity (Wildman–Crippen MR) is 96.3 cm³/mol. The fourth-order valence-corrected chi connectivity index (χ4v) is 3.28. The van der Waals surface area contributed by atoms with Gasteiger partial charge in [0.05, 0.1) is 33.9 Å². The molecule has 1 N–H and O–H groups in total. The second-order valence-corrected chi connectivity index (χ2v) is 6.13. The topological polar surface area (TPSA) is 80.5 Å². The maximum absolute atomic E-state index is 11.4. The molecule has 128 valence electrons. The zero-order valence-electron chi connectivity index (χ0n) is 14.4. The van der Waals surface area contributed by atoms with Crippen LogP contribution in [0, 0.1) is 25.2 Å². The van der Waals surface area contributed by atoms with Crippen LogP contribution in [0.1, 0.15) is 27.3 Å². The van der Waals surface area contributed by atoms with Crippen molar-refractivity contribution < 1.29 is 9.90 Å². The third-order valence-electron chi connectivity index (χ3n) is 4.59. The number of hydrogen-bond acceptors (Lipinski definition) is 5. The molecule has 0 saturated carbocycles. The van der Waals surface area contributed by atoms with E-state index in [1.54, 1.807) is 13.0 Å². The van der Waals surface area contributed by atoms with Gasteiger partial charge in [-0.3, -0.25) is 4.98 Å². The summed E-state index contributed by atoms with van der Waals surface area (Å²) in [5.74, 6) is -0.951. The van der Waals surface area contributed by atoms with Crippen LogP contribution in [0.15, 0.2) is 30.3 Å². The summed E-state index contributed by atoms with van der Waals surface area (Å²) in [6.45, 7) is 6.68. The first-order valence-electron chi connectivity index (χ1n) is 8.22. The highest BCUT2D eigenvalue weighted by Gasteiger charge is 2.22. The maximum Gasteiger partial charge on any atom is 0.337 e. The smallest absolute Gasteiger partial charge is 0.337 e. The molecule has 6 nitrogen and oxygen atoms in total. The number of aromatic carboxylic acids is 1. The van der Waals surface area contributed by atoms with Crippen molar-refractivity contribution in [3.8, 4) is 6.07 Å². The number of anilines is 2. The standard InChI is InChI=1S/C19H20N4O2/c1-13-16(19(24)25)11-18(14(2)21-13)23-9-7-22(8-10-23)17-6-4-3-5-15(17)12-20/h3-6,11H,7-10H2,1-2H3,(H,24,25). The Morgan fingerprint density at radius 2 is 1.68 bits per heavy atom. The summed E-state index contributed by atoms with van der Waals surface area (Å²) in [4.78, 5) is 20.1. The molecule has 0 radical (unpaired) electrons. The Morgan fingerprint density at radius 3 is 2.28 bits per heavy atom. The van der Waals surface area contributed by atoms with Crippen molar-refractivity contribution >= 4 is 17.3 Å². The first-order valence-corrected chi connectivity index (χ1v) is 8.22. The van der Waals surface area contributed by atoms with Crippen molar-refractivity contribution in [3.05, 3.63) is 52.8 Å². The second-order valence-electron chi connectivity index (χ2n) is 6.13. The summed E-state index contributed by atoms with van der Waals surface area (Å²) in [5.41, 5.74) is 4.13. The van der Waals surface area contributed by atoms with Crippen LogP contribution in [0.2, 0.25) is 0 Å². The van der Waals surface area contributed by atoms with Crippen LogP contribution in [0.4, 0.5) is 11.4 Å². The molecule has 0 unspecified atom stereocenters. The zero-order chi connectivity index (χ0) is 18.0. The summed E-state index contributed by atoms with van der Waals surface area (Å²) < 4.78 is 0. The molecule has 2 heterocycles. The summed E-state index contributed by atoms with van der Waals surface area (Å²) in [5, 5.41) is 18.6. The highest BCUT2D eigenvalue weighted by Crippen LogP contribution is 2.26. The Bertz CT molecular complexity index is 849. The van der Waals surface area contributed by atoms with Crippen molar-refractivity contribution in [2.24, 2.45) is 0 Å². The van der Waals surface area contributed by atoms with Gasteiger partial charge in [-0.25, -0.2) is 4.79 Å². The molecule has 0 bridgehead atoms. The van der Waals surface area contributed by atoms with Crippen molar-refractivity contribution in [1.82, 2.24) is 4.98 Å². The van der Waals surface area contributed by atoms with Gasteiger partial charge < -0.3 is 14.9 Å². The molecular formula is C19H20N4O2. The molecule has 1 saturated heterocycles. The molecule has 1 aromatic carbocycles. The van der Waals surface area contributed by atoms with Gasteiger partial charge in [0.1, 0.15) is 6.07 Å². The monoisotopic (exact) mass is 336 g/mol. The molecule has 1 aliphatic heterocycles. The second kappa shape index (κ2) is 6.81. The summed E-state index contributed by atoms with van der Waals surface area (Å²) in [6, 6.07) is 11.6. The largest absolute Gasteiger partial charge is 0.478 e. The number of rotatable bonds is 3. The molecule has 6 heteroatoms. The number of pyridine rings is 1. The molecule has 0 atom stereocenters. The minimum atomic E-state index is -0.951. The number of carboxylic acids is 1. The normalized spacial score (nSPS) is 14.3. The van der Waals surface area contributed by atoms with E-state index in [1.807, 2.05) is 31.2 Å². The lowest BCUT2D eigenvalue weighted by Gasteiger charge is -2.38.